The van der Waals surface area contributed by atoms with E-state index >= 15 is 0 Å². The van der Waals surface area contributed by atoms with Crippen LogP contribution in [0, 0.1) is 5.92 Å². The van der Waals surface area contributed by atoms with Crippen molar-refractivity contribution >= 4 is 11.7 Å². The summed E-state index contributed by atoms with van der Waals surface area (Å²) in [5.41, 5.74) is 4.32. The number of amides is 1. The highest BCUT2D eigenvalue weighted by Crippen LogP contribution is 2.46. The lowest BCUT2D eigenvalue weighted by Crippen LogP contribution is -2.44. The molecule has 4 heteroatoms. The van der Waals surface area contributed by atoms with Gasteiger partial charge in [0.05, 0.1) is 0 Å². The zero-order valence-electron chi connectivity index (χ0n) is 20.1. The second-order valence-electron chi connectivity index (χ2n) is 10.6. The van der Waals surface area contributed by atoms with Gasteiger partial charge in [-0.2, -0.15) is 0 Å². The molecule has 0 radical (unpaired) electrons. The highest BCUT2D eigenvalue weighted by molar-refractivity contribution is 6.02. The molecule has 0 bridgehead atoms. The highest BCUT2D eigenvalue weighted by Gasteiger charge is 2.45. The quantitative estimate of drug-likeness (QED) is 0.535. The maximum atomic E-state index is 13.3. The molecule has 2 atom stereocenters. The first-order chi connectivity index (χ1) is 17.1. The molecule has 1 aliphatic carbocycles. The molecule has 2 unspecified atom stereocenters. The van der Waals surface area contributed by atoms with Crippen molar-refractivity contribution < 1.29 is 9.59 Å². The fraction of sp³-hybridized carbons (Fsp3) is 0.355. The molecule has 2 saturated heterocycles. The van der Waals surface area contributed by atoms with E-state index < -0.39 is 0 Å². The van der Waals surface area contributed by atoms with Crippen LogP contribution in [-0.2, 0) is 5.41 Å². The van der Waals surface area contributed by atoms with Gasteiger partial charge in [-0.05, 0) is 55.1 Å². The van der Waals surface area contributed by atoms with E-state index in [4.69, 9.17) is 0 Å². The Kier molecular flexibility index (Phi) is 5.77. The highest BCUT2D eigenvalue weighted by atomic mass is 16.2. The minimum Gasteiger partial charge on any atom is -0.338 e. The molecule has 2 fully saturated rings. The third-order valence-electron chi connectivity index (χ3n) is 8.58. The Morgan fingerprint density at radius 1 is 0.829 bits per heavy atom. The molecule has 2 aliphatic heterocycles. The van der Waals surface area contributed by atoms with Crippen LogP contribution in [0.2, 0.25) is 0 Å². The lowest BCUT2D eigenvalue weighted by molar-refractivity contribution is 0.0779. The van der Waals surface area contributed by atoms with Gasteiger partial charge in [0, 0.05) is 48.5 Å². The molecule has 6 rings (SSSR count). The van der Waals surface area contributed by atoms with Crippen molar-refractivity contribution in [2.45, 2.75) is 30.6 Å². The van der Waals surface area contributed by atoms with Gasteiger partial charge in [-0.1, -0.05) is 72.8 Å². The first kappa shape index (κ1) is 22.2. The van der Waals surface area contributed by atoms with Crippen LogP contribution in [0.1, 0.15) is 57.0 Å². The van der Waals surface area contributed by atoms with E-state index in [9.17, 15) is 9.59 Å². The topological polar surface area (TPSA) is 40.6 Å². The maximum Gasteiger partial charge on any atom is 0.253 e. The molecular formula is C31H32N2O2. The molecule has 0 N–H and O–H groups in total. The van der Waals surface area contributed by atoms with Crippen LogP contribution < -0.4 is 0 Å². The molecule has 2 heterocycles. The van der Waals surface area contributed by atoms with Gasteiger partial charge in [-0.15, -0.1) is 0 Å². The van der Waals surface area contributed by atoms with Crippen LogP contribution in [0.4, 0.5) is 0 Å². The molecule has 3 aromatic carbocycles. The molecule has 1 spiro atoms. The fourth-order valence-electron chi connectivity index (χ4n) is 6.69. The van der Waals surface area contributed by atoms with Crippen LogP contribution in [0.15, 0.2) is 84.9 Å². The number of nitrogens with zero attached hydrogens (tertiary/aromatic N) is 2. The number of Topliss-reactive ketones (excluding diaryl/α,β-unsaturated/α-hetero) is 1. The lowest BCUT2D eigenvalue weighted by atomic mass is 9.73. The summed E-state index contributed by atoms with van der Waals surface area (Å²) in [7, 11) is 0. The molecule has 3 aliphatic rings. The monoisotopic (exact) mass is 464 g/mol. The molecule has 0 aromatic heterocycles. The van der Waals surface area contributed by atoms with Gasteiger partial charge in [-0.25, -0.2) is 0 Å². The van der Waals surface area contributed by atoms with E-state index in [0.717, 1.165) is 56.7 Å². The Balaban J connectivity index is 1.18. The van der Waals surface area contributed by atoms with Crippen LogP contribution in [0.5, 0.6) is 0 Å². The van der Waals surface area contributed by atoms with Gasteiger partial charge >= 0.3 is 0 Å². The minimum absolute atomic E-state index is 0.0218. The van der Waals surface area contributed by atoms with Crippen LogP contribution in [0.3, 0.4) is 0 Å². The van der Waals surface area contributed by atoms with Gasteiger partial charge in [0.1, 0.15) is 0 Å². The number of piperidine rings is 1. The average Bonchev–Trinajstić information content (AvgIpc) is 3.45. The molecule has 4 nitrogen and oxygen atoms in total. The summed E-state index contributed by atoms with van der Waals surface area (Å²) in [6, 6.07) is 28.6. The van der Waals surface area contributed by atoms with E-state index in [2.05, 4.69) is 52.3 Å². The predicted molar refractivity (Wildman–Crippen MR) is 138 cm³/mol. The lowest BCUT2D eigenvalue weighted by Gasteiger charge is -2.41. The zero-order chi connectivity index (χ0) is 23.8. The average molecular weight is 465 g/mol. The Hall–Kier alpha value is -3.24. The summed E-state index contributed by atoms with van der Waals surface area (Å²) in [5, 5.41) is 0. The number of carbonyl (C=O) groups excluding carboxylic acids is 2. The minimum atomic E-state index is 0.0218. The number of benzene rings is 3. The summed E-state index contributed by atoms with van der Waals surface area (Å²) in [4.78, 5) is 30.6. The van der Waals surface area contributed by atoms with Crippen LogP contribution >= 0.6 is 0 Å². The Bertz CT molecular complexity index is 1220. The predicted octanol–water partition coefficient (Wildman–Crippen LogP) is 5.16. The summed E-state index contributed by atoms with van der Waals surface area (Å²) in [5.74, 6) is 1.18. The van der Waals surface area contributed by atoms with Crippen molar-refractivity contribution in [1.29, 1.82) is 0 Å². The van der Waals surface area contributed by atoms with Gasteiger partial charge in [-0.3, -0.25) is 9.59 Å². The number of fused-ring (bicyclic) bond motifs is 2. The van der Waals surface area contributed by atoms with Crippen LogP contribution in [-0.4, -0.2) is 54.2 Å². The van der Waals surface area contributed by atoms with Crippen molar-refractivity contribution in [2.75, 3.05) is 32.7 Å². The molecule has 3 aromatic rings. The summed E-state index contributed by atoms with van der Waals surface area (Å²) in [6.45, 7) is 4.56. The molecule has 35 heavy (non-hydrogen) atoms. The van der Waals surface area contributed by atoms with E-state index in [1.54, 1.807) is 0 Å². The molecule has 0 saturated carbocycles. The van der Waals surface area contributed by atoms with Crippen molar-refractivity contribution in [2.24, 2.45) is 5.92 Å². The van der Waals surface area contributed by atoms with E-state index in [-0.39, 0.29) is 11.3 Å². The first-order valence-corrected chi connectivity index (χ1v) is 12.9. The van der Waals surface area contributed by atoms with Gasteiger partial charge < -0.3 is 9.80 Å². The Labute approximate surface area is 207 Å². The second-order valence-corrected chi connectivity index (χ2v) is 10.6. The van der Waals surface area contributed by atoms with E-state index in [0.29, 0.717) is 24.0 Å². The number of likely N-dealkylation sites (tertiary alicyclic amines) is 2. The largest absolute Gasteiger partial charge is 0.338 e. The summed E-state index contributed by atoms with van der Waals surface area (Å²) >= 11 is 0. The number of rotatable bonds is 4. The maximum absolute atomic E-state index is 13.3. The van der Waals surface area contributed by atoms with E-state index in [1.807, 2.05) is 42.5 Å². The third kappa shape index (κ3) is 4.10. The second kappa shape index (κ2) is 9.09. The summed E-state index contributed by atoms with van der Waals surface area (Å²) in [6.07, 6.45) is 2.73. The van der Waals surface area contributed by atoms with Gasteiger partial charge in [0.25, 0.3) is 5.91 Å². The number of hydrogen-bond donors (Lipinski definition) is 0. The zero-order valence-corrected chi connectivity index (χ0v) is 20.1. The fourth-order valence-corrected chi connectivity index (χ4v) is 6.69. The molecular weight excluding hydrogens is 432 g/mol. The first-order valence-electron chi connectivity index (χ1n) is 12.9. The van der Waals surface area contributed by atoms with E-state index in [1.165, 1.54) is 11.1 Å². The third-order valence-corrected chi connectivity index (χ3v) is 8.58. The van der Waals surface area contributed by atoms with Crippen molar-refractivity contribution in [1.82, 2.24) is 9.80 Å². The SMILES string of the molecule is O=C1CC2(CCN(CC3CN(C(=O)c4ccccc4)CC3c3ccccc3)CC2)c2ccccc21. The van der Waals surface area contributed by atoms with Crippen molar-refractivity contribution in [3.63, 3.8) is 0 Å². The van der Waals surface area contributed by atoms with Crippen molar-refractivity contribution in [3.8, 4) is 0 Å². The Morgan fingerprint density at radius 2 is 1.49 bits per heavy atom. The van der Waals surface area contributed by atoms with Crippen molar-refractivity contribution in [3.05, 3.63) is 107 Å². The summed E-state index contributed by atoms with van der Waals surface area (Å²) < 4.78 is 0. The number of hydrogen-bond acceptors (Lipinski definition) is 3. The standard InChI is InChI=1S/C31H32N2O2/c34-29-19-31(28-14-8-7-13-26(28)29)15-17-32(18-16-31)20-25-21-33(30(35)24-11-5-2-6-12-24)22-27(25)23-9-3-1-4-10-23/h1-14,25,27H,15-22H2. The number of carbonyl (C=O) groups is 2. The van der Waals surface area contributed by atoms with Gasteiger partial charge in [0.15, 0.2) is 5.78 Å². The normalized spacial score (nSPS) is 23.5. The molecule has 1 amide bonds. The molecule has 178 valence electrons. The smallest absolute Gasteiger partial charge is 0.253 e. The number of ketones is 1. The van der Waals surface area contributed by atoms with Crippen LogP contribution in [0.25, 0.3) is 0 Å². The Morgan fingerprint density at radius 3 is 2.23 bits per heavy atom. The van der Waals surface area contributed by atoms with Gasteiger partial charge in [0.2, 0.25) is 0 Å².